The monoisotopic (exact) mass is 792 g/mol. The summed E-state index contributed by atoms with van der Waals surface area (Å²) in [5.74, 6) is -0.520. The van der Waals surface area contributed by atoms with Crippen LogP contribution >= 0.6 is 0 Å². The summed E-state index contributed by atoms with van der Waals surface area (Å²) in [6, 6.07) is 34.3. The van der Waals surface area contributed by atoms with Crippen LogP contribution in [-0.4, -0.2) is 40.9 Å². The van der Waals surface area contributed by atoms with Crippen molar-refractivity contribution in [2.24, 2.45) is 0 Å². The molecule has 0 atom stereocenters. The van der Waals surface area contributed by atoms with Gasteiger partial charge in [0.2, 0.25) is 11.8 Å². The number of amides is 2. The summed E-state index contributed by atoms with van der Waals surface area (Å²) >= 11 is 0. The number of para-hydroxylation sites is 4. The zero-order valence-corrected chi connectivity index (χ0v) is 30.0. The number of benzene rings is 4. The minimum Gasteiger partial charge on any atom is -0.325 e. The molecule has 0 fully saturated rings. The van der Waals surface area contributed by atoms with E-state index in [4.69, 9.17) is 0 Å². The third-order valence-corrected chi connectivity index (χ3v) is 8.70. The van der Waals surface area contributed by atoms with Crippen LogP contribution in [0.5, 0.6) is 0 Å². The van der Waals surface area contributed by atoms with Crippen LogP contribution in [0.4, 0.5) is 37.7 Å². The summed E-state index contributed by atoms with van der Waals surface area (Å²) in [6.07, 6.45) is -4.96. The van der Waals surface area contributed by atoms with Gasteiger partial charge in [0.1, 0.15) is 18.8 Å². The number of pyridine rings is 2. The Balaban J connectivity index is 0.000000177. The number of rotatable bonds is 8. The van der Waals surface area contributed by atoms with Gasteiger partial charge in [-0.3, -0.25) is 14.6 Å². The van der Waals surface area contributed by atoms with Gasteiger partial charge in [-0.25, -0.2) is 15.0 Å². The number of nitrogens with zero attached hydrogens (tertiary/aromatic N) is 6. The molecule has 0 bridgehead atoms. The molecule has 4 aromatic heterocycles. The Morgan fingerprint density at radius 1 is 0.534 bits per heavy atom. The Hall–Kier alpha value is -7.36. The Bertz CT molecular complexity index is 2720. The summed E-state index contributed by atoms with van der Waals surface area (Å²) in [4.78, 5) is 40.9. The van der Waals surface area contributed by atoms with E-state index in [1.165, 1.54) is 18.2 Å². The molecule has 0 aliphatic rings. The maximum atomic E-state index is 12.9. The van der Waals surface area contributed by atoms with Crippen LogP contribution < -0.4 is 10.6 Å². The van der Waals surface area contributed by atoms with Crippen LogP contribution in [-0.2, 0) is 35.0 Å². The van der Waals surface area contributed by atoms with Crippen molar-refractivity contribution in [2.75, 3.05) is 10.6 Å². The number of hydrogen-bond donors (Lipinski definition) is 2. The number of imidazole rings is 2. The van der Waals surface area contributed by atoms with Gasteiger partial charge in [-0.2, -0.15) is 26.3 Å². The Morgan fingerprint density at radius 3 is 1.55 bits per heavy atom. The first kappa shape index (κ1) is 38.9. The van der Waals surface area contributed by atoms with Gasteiger partial charge in [0.05, 0.1) is 51.7 Å². The quantitative estimate of drug-likeness (QED) is 0.148. The Kier molecular flexibility index (Phi) is 11.0. The molecule has 2 amide bonds. The minimum absolute atomic E-state index is 0.0621. The predicted octanol–water partition coefficient (Wildman–Crippen LogP) is 9.51. The van der Waals surface area contributed by atoms with Crippen molar-refractivity contribution in [1.29, 1.82) is 0 Å². The number of halogens is 6. The molecule has 16 heteroatoms. The number of alkyl halides is 6. The number of anilines is 2. The summed E-state index contributed by atoms with van der Waals surface area (Å²) in [5, 5.41) is 5.56. The standard InChI is InChI=1S/2C21H15F3N4O/c22-21(23,24)19-10-4-8-16(27-19)14-5-3-6-15(11-14)26-20(29)12-28-13-25-17-7-1-2-9-18(17)28;22-21(23,24)15-8-9-17(25-11-15)14-4-3-5-16(10-14)27-20(29)12-28-13-26-18-6-1-2-7-19(18)28/h1-11,13H,12H2,(H,26,29);1-11,13H,12H2,(H,27,29). The normalized spacial score (nSPS) is 11.6. The van der Waals surface area contributed by atoms with Crippen LogP contribution in [0.3, 0.4) is 0 Å². The molecule has 4 aromatic carbocycles. The van der Waals surface area contributed by atoms with E-state index in [2.05, 4.69) is 30.6 Å². The molecule has 8 rings (SSSR count). The molecular formula is C42H30F6N8O2. The zero-order valence-electron chi connectivity index (χ0n) is 30.0. The fraction of sp³-hybridized carbons (Fsp3) is 0.0952. The molecule has 292 valence electrons. The fourth-order valence-corrected chi connectivity index (χ4v) is 5.98. The van der Waals surface area contributed by atoms with E-state index in [0.29, 0.717) is 28.2 Å². The van der Waals surface area contributed by atoms with Gasteiger partial charge in [-0.15, -0.1) is 0 Å². The maximum Gasteiger partial charge on any atom is 0.433 e. The molecule has 0 saturated carbocycles. The van der Waals surface area contributed by atoms with Crippen molar-refractivity contribution in [3.05, 3.63) is 158 Å². The predicted molar refractivity (Wildman–Crippen MR) is 206 cm³/mol. The molecule has 4 heterocycles. The minimum atomic E-state index is -4.52. The van der Waals surface area contributed by atoms with Crippen molar-refractivity contribution in [3.8, 4) is 22.5 Å². The lowest BCUT2D eigenvalue weighted by molar-refractivity contribution is -0.141. The summed E-state index contributed by atoms with van der Waals surface area (Å²) in [7, 11) is 0. The highest BCUT2D eigenvalue weighted by molar-refractivity contribution is 5.93. The number of carbonyl (C=O) groups is 2. The summed E-state index contributed by atoms with van der Waals surface area (Å²) < 4.78 is 80.2. The number of hydrogen-bond acceptors (Lipinski definition) is 6. The molecule has 0 aliphatic heterocycles. The van der Waals surface area contributed by atoms with E-state index in [9.17, 15) is 35.9 Å². The highest BCUT2D eigenvalue weighted by Gasteiger charge is 2.32. The van der Waals surface area contributed by atoms with Crippen molar-refractivity contribution < 1.29 is 35.9 Å². The van der Waals surface area contributed by atoms with Gasteiger partial charge in [0.25, 0.3) is 0 Å². The number of nitrogens with one attached hydrogen (secondary N) is 2. The average Bonchev–Trinajstić information content (AvgIpc) is 3.81. The van der Waals surface area contributed by atoms with Gasteiger partial charge >= 0.3 is 12.4 Å². The molecule has 10 nitrogen and oxygen atoms in total. The molecule has 0 radical (unpaired) electrons. The van der Waals surface area contributed by atoms with Crippen molar-refractivity contribution >= 4 is 45.3 Å². The summed E-state index contributed by atoms with van der Waals surface area (Å²) in [6.45, 7) is 0.149. The first-order valence-electron chi connectivity index (χ1n) is 17.5. The third kappa shape index (κ3) is 9.35. The second-order valence-electron chi connectivity index (χ2n) is 12.8. The average molecular weight is 793 g/mol. The van der Waals surface area contributed by atoms with Crippen LogP contribution in [0.2, 0.25) is 0 Å². The lowest BCUT2D eigenvalue weighted by atomic mass is 10.1. The molecule has 0 saturated heterocycles. The van der Waals surface area contributed by atoms with E-state index in [1.54, 1.807) is 70.3 Å². The highest BCUT2D eigenvalue weighted by atomic mass is 19.4. The van der Waals surface area contributed by atoms with E-state index >= 15 is 0 Å². The smallest absolute Gasteiger partial charge is 0.325 e. The van der Waals surface area contributed by atoms with Gasteiger partial charge in [0.15, 0.2) is 0 Å². The Morgan fingerprint density at radius 2 is 1.05 bits per heavy atom. The topological polar surface area (TPSA) is 120 Å². The summed E-state index contributed by atoms with van der Waals surface area (Å²) in [5.41, 5.74) is 4.14. The molecule has 0 spiro atoms. The lowest BCUT2D eigenvalue weighted by Gasteiger charge is -2.10. The maximum absolute atomic E-state index is 12.9. The van der Waals surface area contributed by atoms with Crippen molar-refractivity contribution in [1.82, 2.24) is 29.1 Å². The van der Waals surface area contributed by atoms with Gasteiger partial charge in [-0.05, 0) is 72.8 Å². The van der Waals surface area contributed by atoms with Crippen LogP contribution in [0.25, 0.3) is 44.6 Å². The van der Waals surface area contributed by atoms with Crippen LogP contribution in [0, 0.1) is 0 Å². The van der Waals surface area contributed by atoms with E-state index < -0.39 is 23.6 Å². The first-order chi connectivity index (χ1) is 27.8. The molecule has 2 N–H and O–H groups in total. The van der Waals surface area contributed by atoms with E-state index in [-0.39, 0.29) is 30.6 Å². The number of carbonyl (C=O) groups excluding carboxylic acids is 2. The van der Waals surface area contributed by atoms with Gasteiger partial charge < -0.3 is 19.8 Å². The van der Waals surface area contributed by atoms with E-state index in [0.717, 1.165) is 40.4 Å². The van der Waals surface area contributed by atoms with E-state index in [1.807, 2.05) is 48.5 Å². The van der Waals surface area contributed by atoms with Crippen molar-refractivity contribution in [3.63, 3.8) is 0 Å². The molecular weight excluding hydrogens is 763 g/mol. The number of fused-ring (bicyclic) bond motifs is 2. The molecule has 58 heavy (non-hydrogen) atoms. The molecule has 0 unspecified atom stereocenters. The SMILES string of the molecule is O=C(Cn1cnc2ccccc21)Nc1cccc(-c2ccc(C(F)(F)F)cn2)c1.O=C(Cn1cnc2ccccc21)Nc1cccc(-c2cccc(C(F)(F)F)n2)c1. The molecule has 8 aromatic rings. The lowest BCUT2D eigenvalue weighted by Crippen LogP contribution is -2.18. The second-order valence-corrected chi connectivity index (χ2v) is 12.8. The van der Waals surface area contributed by atoms with Crippen LogP contribution in [0.1, 0.15) is 11.3 Å². The van der Waals surface area contributed by atoms with Crippen molar-refractivity contribution in [2.45, 2.75) is 25.4 Å². The highest BCUT2D eigenvalue weighted by Crippen LogP contribution is 2.31. The Labute approximate surface area is 325 Å². The number of aromatic nitrogens is 6. The zero-order chi connectivity index (χ0) is 40.9. The largest absolute Gasteiger partial charge is 0.433 e. The second kappa shape index (κ2) is 16.4. The van der Waals surface area contributed by atoms with Gasteiger partial charge in [0, 0.05) is 28.7 Å². The van der Waals surface area contributed by atoms with Crippen LogP contribution in [0.15, 0.2) is 146 Å². The molecule has 0 aliphatic carbocycles. The first-order valence-corrected chi connectivity index (χ1v) is 17.5. The fourth-order valence-electron chi connectivity index (χ4n) is 5.98. The van der Waals surface area contributed by atoms with Gasteiger partial charge in [-0.1, -0.05) is 54.6 Å². The third-order valence-electron chi connectivity index (χ3n) is 8.70.